The fraction of sp³-hybridized carbons (Fsp3) is 0.250. The van der Waals surface area contributed by atoms with E-state index < -0.39 is 5.91 Å². The molecule has 5 rings (SSSR count). The minimum absolute atomic E-state index is 0.190. The number of rotatable bonds is 9. The molecule has 1 saturated carbocycles. The predicted molar refractivity (Wildman–Crippen MR) is 136 cm³/mol. The highest BCUT2D eigenvalue weighted by atomic mass is 16.5. The number of amides is 1. The van der Waals surface area contributed by atoms with Crippen LogP contribution in [-0.2, 0) is 6.42 Å². The predicted octanol–water partition coefficient (Wildman–Crippen LogP) is 4.78. The molecule has 178 valence electrons. The Balaban J connectivity index is 1.39. The molecule has 0 bridgehead atoms. The lowest BCUT2D eigenvalue weighted by atomic mass is 9.98. The molecule has 0 saturated heterocycles. The van der Waals surface area contributed by atoms with Gasteiger partial charge in [0.15, 0.2) is 5.75 Å². The number of carbonyl (C=O) groups is 1. The number of carbonyl (C=O) groups excluding carboxylic acids is 1. The number of methoxy groups -OCH3 is 1. The summed E-state index contributed by atoms with van der Waals surface area (Å²) in [6.45, 7) is 1.08. The third-order valence-electron chi connectivity index (χ3n) is 6.37. The lowest BCUT2D eigenvalue weighted by Crippen LogP contribution is -2.20. The molecule has 0 radical (unpaired) electrons. The maximum Gasteiger partial charge on any atom is 0.279 e. The molecule has 35 heavy (non-hydrogen) atoms. The molecule has 0 spiro atoms. The summed E-state index contributed by atoms with van der Waals surface area (Å²) in [5.74, 6) is -0.395. The molecule has 0 aliphatic heterocycles. The minimum Gasteiger partial charge on any atom is -0.494 e. The lowest BCUT2D eigenvalue weighted by Gasteiger charge is -2.15. The SMILES string of the molecule is COc1c(-c2ccc(-c3ccc(CCCNC4CC4)cc3)cc2)nc2ccncc2c1C(=O)NO. The summed E-state index contributed by atoms with van der Waals surface area (Å²) in [6, 6.07) is 19.2. The Bertz CT molecular complexity index is 1330. The average Bonchev–Trinajstić information content (AvgIpc) is 3.74. The Morgan fingerprint density at radius 1 is 1.03 bits per heavy atom. The zero-order valence-corrected chi connectivity index (χ0v) is 19.6. The van der Waals surface area contributed by atoms with Gasteiger partial charge in [-0.3, -0.25) is 15.0 Å². The fourth-order valence-corrected chi connectivity index (χ4v) is 4.34. The Labute approximate surface area is 204 Å². The van der Waals surface area contributed by atoms with E-state index in [2.05, 4.69) is 34.6 Å². The largest absolute Gasteiger partial charge is 0.494 e. The van der Waals surface area contributed by atoms with Crippen LogP contribution < -0.4 is 15.5 Å². The number of ether oxygens (including phenoxy) is 1. The van der Waals surface area contributed by atoms with Gasteiger partial charge in [-0.25, -0.2) is 10.5 Å². The number of aromatic nitrogens is 2. The molecule has 2 aromatic heterocycles. The third kappa shape index (κ3) is 5.01. The van der Waals surface area contributed by atoms with Gasteiger partial charge < -0.3 is 10.1 Å². The molecule has 4 aromatic rings. The van der Waals surface area contributed by atoms with Gasteiger partial charge >= 0.3 is 0 Å². The van der Waals surface area contributed by atoms with Gasteiger partial charge in [-0.1, -0.05) is 48.5 Å². The van der Waals surface area contributed by atoms with Crippen LogP contribution in [0.5, 0.6) is 5.75 Å². The highest BCUT2D eigenvalue weighted by Gasteiger charge is 2.23. The highest BCUT2D eigenvalue weighted by molar-refractivity contribution is 6.09. The summed E-state index contributed by atoms with van der Waals surface area (Å²) in [6.07, 6.45) is 8.03. The standard InChI is InChI=1S/C28H28N4O3/c1-35-27-25(28(33)32-34)23-17-29-16-14-24(23)31-26(27)21-10-8-20(9-11-21)19-6-4-18(5-7-19)3-2-15-30-22-12-13-22/h4-11,14,16-17,22,30,34H,2-3,12-13,15H2,1H3,(H,32,33). The summed E-state index contributed by atoms with van der Waals surface area (Å²) in [4.78, 5) is 21.3. The maximum atomic E-state index is 12.5. The van der Waals surface area contributed by atoms with E-state index in [1.807, 2.05) is 24.3 Å². The van der Waals surface area contributed by atoms with Crippen molar-refractivity contribution in [1.82, 2.24) is 20.8 Å². The Kier molecular flexibility index (Phi) is 6.70. The third-order valence-corrected chi connectivity index (χ3v) is 6.37. The van der Waals surface area contributed by atoms with E-state index in [0.717, 1.165) is 42.1 Å². The van der Waals surface area contributed by atoms with Gasteiger partial charge in [0.05, 0.1) is 18.2 Å². The molecule has 1 amide bonds. The van der Waals surface area contributed by atoms with Crippen molar-refractivity contribution in [2.45, 2.75) is 31.7 Å². The number of hydrogen-bond acceptors (Lipinski definition) is 6. The van der Waals surface area contributed by atoms with Gasteiger partial charge in [-0.05, 0) is 55.0 Å². The summed E-state index contributed by atoms with van der Waals surface area (Å²) >= 11 is 0. The first-order valence-electron chi connectivity index (χ1n) is 11.9. The van der Waals surface area contributed by atoms with Gasteiger partial charge in [0.2, 0.25) is 0 Å². The van der Waals surface area contributed by atoms with Crippen molar-refractivity contribution >= 4 is 16.8 Å². The molecule has 2 aromatic carbocycles. The Morgan fingerprint density at radius 3 is 2.37 bits per heavy atom. The van der Waals surface area contributed by atoms with E-state index in [0.29, 0.717) is 16.6 Å². The minimum atomic E-state index is -0.677. The van der Waals surface area contributed by atoms with Crippen molar-refractivity contribution in [2.75, 3.05) is 13.7 Å². The van der Waals surface area contributed by atoms with Gasteiger partial charge in [0, 0.05) is 29.4 Å². The monoisotopic (exact) mass is 468 g/mol. The molecule has 0 unspecified atom stereocenters. The van der Waals surface area contributed by atoms with Crippen molar-refractivity contribution in [3.05, 3.63) is 78.1 Å². The average molecular weight is 469 g/mol. The van der Waals surface area contributed by atoms with Crippen LogP contribution >= 0.6 is 0 Å². The van der Waals surface area contributed by atoms with Gasteiger partial charge in [-0.15, -0.1) is 0 Å². The molecule has 7 heteroatoms. The Hall–Kier alpha value is -3.81. The smallest absolute Gasteiger partial charge is 0.279 e. The van der Waals surface area contributed by atoms with Crippen LogP contribution in [0.3, 0.4) is 0 Å². The molecule has 2 heterocycles. The van der Waals surface area contributed by atoms with E-state index in [1.165, 1.54) is 31.7 Å². The molecule has 0 atom stereocenters. The fourth-order valence-electron chi connectivity index (χ4n) is 4.34. The molecular formula is C28H28N4O3. The van der Waals surface area contributed by atoms with Gasteiger partial charge in [0.25, 0.3) is 5.91 Å². The van der Waals surface area contributed by atoms with Crippen LogP contribution in [0.1, 0.15) is 35.2 Å². The molecule has 1 aliphatic carbocycles. The van der Waals surface area contributed by atoms with Crippen LogP contribution in [0.4, 0.5) is 0 Å². The number of hydroxylamine groups is 1. The first-order valence-corrected chi connectivity index (χ1v) is 11.9. The molecule has 3 N–H and O–H groups in total. The van der Waals surface area contributed by atoms with Gasteiger partial charge in [-0.2, -0.15) is 0 Å². The van der Waals surface area contributed by atoms with E-state index in [9.17, 15) is 10.0 Å². The van der Waals surface area contributed by atoms with Crippen molar-refractivity contribution < 1.29 is 14.7 Å². The van der Waals surface area contributed by atoms with Crippen LogP contribution in [0.15, 0.2) is 67.0 Å². The lowest BCUT2D eigenvalue weighted by molar-refractivity contribution is 0.0705. The molecule has 1 fully saturated rings. The maximum absolute atomic E-state index is 12.5. The van der Waals surface area contributed by atoms with Crippen molar-refractivity contribution in [1.29, 1.82) is 0 Å². The quantitative estimate of drug-likeness (QED) is 0.186. The van der Waals surface area contributed by atoms with E-state index >= 15 is 0 Å². The van der Waals surface area contributed by atoms with Crippen molar-refractivity contribution in [3.8, 4) is 28.1 Å². The normalized spacial score (nSPS) is 13.1. The van der Waals surface area contributed by atoms with Crippen LogP contribution in [0.2, 0.25) is 0 Å². The second-order valence-corrected chi connectivity index (χ2v) is 8.81. The second kappa shape index (κ2) is 10.2. The van der Waals surface area contributed by atoms with Crippen LogP contribution in [0.25, 0.3) is 33.3 Å². The topological polar surface area (TPSA) is 96.4 Å². The van der Waals surface area contributed by atoms with E-state index in [-0.39, 0.29) is 11.3 Å². The number of nitrogens with one attached hydrogen (secondary N) is 2. The van der Waals surface area contributed by atoms with E-state index in [1.54, 1.807) is 17.7 Å². The summed E-state index contributed by atoms with van der Waals surface area (Å²) in [5, 5.41) is 13.4. The number of aryl methyl sites for hydroxylation is 1. The zero-order valence-electron chi connectivity index (χ0n) is 19.6. The first kappa shape index (κ1) is 23.0. The molecule has 7 nitrogen and oxygen atoms in total. The summed E-state index contributed by atoms with van der Waals surface area (Å²) in [7, 11) is 1.48. The van der Waals surface area contributed by atoms with Crippen LogP contribution in [-0.4, -0.2) is 40.8 Å². The molecule has 1 aliphatic rings. The summed E-state index contributed by atoms with van der Waals surface area (Å²) < 4.78 is 5.58. The number of hydrogen-bond donors (Lipinski definition) is 3. The number of benzene rings is 2. The number of nitrogens with zero attached hydrogens (tertiary/aromatic N) is 2. The molecular weight excluding hydrogens is 440 g/mol. The Morgan fingerprint density at radius 2 is 1.71 bits per heavy atom. The van der Waals surface area contributed by atoms with Gasteiger partial charge in [0.1, 0.15) is 5.69 Å². The van der Waals surface area contributed by atoms with Crippen molar-refractivity contribution in [3.63, 3.8) is 0 Å². The zero-order chi connectivity index (χ0) is 24.2. The van der Waals surface area contributed by atoms with E-state index in [4.69, 9.17) is 9.72 Å². The number of pyridine rings is 2. The highest BCUT2D eigenvalue weighted by Crippen LogP contribution is 2.36. The second-order valence-electron chi connectivity index (χ2n) is 8.81. The summed E-state index contributed by atoms with van der Waals surface area (Å²) in [5.41, 5.74) is 7.38. The van der Waals surface area contributed by atoms with Crippen molar-refractivity contribution in [2.24, 2.45) is 0 Å². The van der Waals surface area contributed by atoms with Crippen LogP contribution in [0, 0.1) is 0 Å². The first-order chi connectivity index (χ1) is 17.2. The number of fused-ring (bicyclic) bond motifs is 1.